The molecule has 0 aliphatic rings. The lowest BCUT2D eigenvalue weighted by molar-refractivity contribution is 0.112. The summed E-state index contributed by atoms with van der Waals surface area (Å²) in [6.45, 7) is 0. The van der Waals surface area contributed by atoms with E-state index in [4.69, 9.17) is 0 Å². The lowest BCUT2D eigenvalue weighted by Crippen LogP contribution is -1.85. The van der Waals surface area contributed by atoms with Crippen molar-refractivity contribution in [1.82, 2.24) is 9.97 Å². The minimum atomic E-state index is 0.584. The molecule has 0 aliphatic heterocycles. The molecule has 2 rings (SSSR count). The van der Waals surface area contributed by atoms with Crippen LogP contribution in [0.4, 0.5) is 0 Å². The highest BCUT2D eigenvalue weighted by molar-refractivity contribution is 7.99. The van der Waals surface area contributed by atoms with E-state index in [2.05, 4.69) is 9.97 Å². The van der Waals surface area contributed by atoms with Gasteiger partial charge in [-0.1, -0.05) is 17.8 Å². The number of pyridine rings is 2. The quantitative estimate of drug-likeness (QED) is 0.739. The van der Waals surface area contributed by atoms with Crippen molar-refractivity contribution in [2.75, 3.05) is 0 Å². The minimum Gasteiger partial charge on any atom is -0.298 e. The van der Waals surface area contributed by atoms with Gasteiger partial charge in [-0.15, -0.1) is 0 Å². The van der Waals surface area contributed by atoms with Gasteiger partial charge in [0, 0.05) is 18.0 Å². The highest BCUT2D eigenvalue weighted by Gasteiger charge is 1.98. The number of aromatic nitrogens is 2. The smallest absolute Gasteiger partial charge is 0.151 e. The Morgan fingerprint density at radius 3 is 2.53 bits per heavy atom. The van der Waals surface area contributed by atoms with E-state index in [1.807, 2.05) is 24.3 Å². The minimum absolute atomic E-state index is 0.584. The van der Waals surface area contributed by atoms with Crippen molar-refractivity contribution in [3.8, 4) is 0 Å². The first kappa shape index (κ1) is 9.86. The first-order chi connectivity index (χ1) is 7.38. The molecule has 2 aromatic rings. The Kier molecular flexibility index (Phi) is 3.09. The van der Waals surface area contributed by atoms with E-state index in [-0.39, 0.29) is 0 Å². The van der Waals surface area contributed by atoms with Crippen molar-refractivity contribution < 1.29 is 4.79 Å². The second-order valence-corrected chi connectivity index (χ2v) is 3.86. The molecule has 0 atom stereocenters. The predicted octanol–water partition coefficient (Wildman–Crippen LogP) is 2.44. The van der Waals surface area contributed by atoms with Crippen LogP contribution in [0.25, 0.3) is 0 Å². The van der Waals surface area contributed by atoms with E-state index in [0.29, 0.717) is 5.56 Å². The summed E-state index contributed by atoms with van der Waals surface area (Å²) in [5, 5.41) is 1.73. The zero-order valence-corrected chi connectivity index (χ0v) is 8.65. The van der Waals surface area contributed by atoms with Crippen LogP contribution in [0.15, 0.2) is 52.8 Å². The molecule has 2 aromatic heterocycles. The molecular formula is C11H8N2OS. The van der Waals surface area contributed by atoms with Crippen LogP contribution < -0.4 is 0 Å². The zero-order valence-electron chi connectivity index (χ0n) is 7.83. The molecule has 0 bridgehead atoms. The Hall–Kier alpha value is -1.68. The fourth-order valence-corrected chi connectivity index (χ4v) is 1.75. The molecule has 0 fully saturated rings. The summed E-state index contributed by atoms with van der Waals surface area (Å²) in [7, 11) is 0. The average Bonchev–Trinajstić information content (AvgIpc) is 2.31. The normalized spacial score (nSPS) is 9.87. The summed E-state index contributed by atoms with van der Waals surface area (Å²) < 4.78 is 0. The monoisotopic (exact) mass is 216 g/mol. The molecule has 0 saturated heterocycles. The fourth-order valence-electron chi connectivity index (χ4n) is 1.04. The standard InChI is InChI=1S/C11H8N2OS/c14-8-9-4-5-11(13-7-9)15-10-3-1-2-6-12-10/h1-8H. The Balaban J connectivity index is 2.15. The molecule has 74 valence electrons. The molecule has 3 nitrogen and oxygen atoms in total. The van der Waals surface area contributed by atoms with E-state index < -0.39 is 0 Å². The highest BCUT2D eigenvalue weighted by atomic mass is 32.2. The second kappa shape index (κ2) is 4.70. The van der Waals surface area contributed by atoms with Crippen molar-refractivity contribution in [3.05, 3.63) is 48.3 Å². The number of carbonyl (C=O) groups is 1. The van der Waals surface area contributed by atoms with E-state index in [1.54, 1.807) is 18.5 Å². The Morgan fingerprint density at radius 2 is 1.93 bits per heavy atom. The van der Waals surface area contributed by atoms with Crippen LogP contribution in [0.1, 0.15) is 10.4 Å². The summed E-state index contributed by atoms with van der Waals surface area (Å²) in [6.07, 6.45) is 4.07. The van der Waals surface area contributed by atoms with Gasteiger partial charge in [0.2, 0.25) is 0 Å². The first-order valence-corrected chi connectivity index (χ1v) is 5.20. The summed E-state index contributed by atoms with van der Waals surface area (Å²) in [5.74, 6) is 0. The zero-order chi connectivity index (χ0) is 10.5. The number of nitrogens with zero attached hydrogens (tertiary/aromatic N) is 2. The molecule has 0 saturated carbocycles. The van der Waals surface area contributed by atoms with Crippen LogP contribution in [0.2, 0.25) is 0 Å². The van der Waals surface area contributed by atoms with Crippen LogP contribution in [-0.4, -0.2) is 16.3 Å². The molecule has 0 amide bonds. The Morgan fingerprint density at radius 1 is 1.07 bits per heavy atom. The third-order valence-electron chi connectivity index (χ3n) is 1.74. The average molecular weight is 216 g/mol. The van der Waals surface area contributed by atoms with Gasteiger partial charge in [0.15, 0.2) is 6.29 Å². The van der Waals surface area contributed by atoms with E-state index in [9.17, 15) is 4.79 Å². The van der Waals surface area contributed by atoms with E-state index >= 15 is 0 Å². The third kappa shape index (κ3) is 2.63. The maximum atomic E-state index is 10.4. The van der Waals surface area contributed by atoms with Crippen molar-refractivity contribution >= 4 is 18.0 Å². The van der Waals surface area contributed by atoms with Gasteiger partial charge in [-0.2, -0.15) is 0 Å². The van der Waals surface area contributed by atoms with Gasteiger partial charge < -0.3 is 0 Å². The number of hydrogen-bond acceptors (Lipinski definition) is 4. The van der Waals surface area contributed by atoms with Gasteiger partial charge in [-0.3, -0.25) is 4.79 Å². The predicted molar refractivity (Wildman–Crippen MR) is 58.0 cm³/mol. The van der Waals surface area contributed by atoms with Crippen LogP contribution in [0.3, 0.4) is 0 Å². The molecule has 0 aliphatic carbocycles. The largest absolute Gasteiger partial charge is 0.298 e. The lowest BCUT2D eigenvalue weighted by atomic mass is 10.3. The third-order valence-corrected chi connectivity index (χ3v) is 2.64. The molecule has 0 unspecified atom stereocenters. The van der Waals surface area contributed by atoms with Crippen molar-refractivity contribution in [2.24, 2.45) is 0 Å². The van der Waals surface area contributed by atoms with Crippen molar-refractivity contribution in [3.63, 3.8) is 0 Å². The molecule has 15 heavy (non-hydrogen) atoms. The fraction of sp³-hybridized carbons (Fsp3) is 0. The van der Waals surface area contributed by atoms with Gasteiger partial charge in [0.1, 0.15) is 10.1 Å². The topological polar surface area (TPSA) is 42.9 Å². The lowest BCUT2D eigenvalue weighted by Gasteiger charge is -1.98. The maximum absolute atomic E-state index is 10.4. The molecule has 0 radical (unpaired) electrons. The number of carbonyl (C=O) groups excluding carboxylic acids is 1. The summed E-state index contributed by atoms with van der Waals surface area (Å²) in [4.78, 5) is 18.7. The second-order valence-electron chi connectivity index (χ2n) is 2.82. The Bertz CT molecular complexity index is 442. The van der Waals surface area contributed by atoms with Crippen LogP contribution in [0.5, 0.6) is 0 Å². The van der Waals surface area contributed by atoms with Crippen molar-refractivity contribution in [2.45, 2.75) is 10.1 Å². The number of rotatable bonds is 3. The number of aldehydes is 1. The molecule has 2 heterocycles. The molecule has 0 aromatic carbocycles. The van der Waals surface area contributed by atoms with Gasteiger partial charge >= 0.3 is 0 Å². The summed E-state index contributed by atoms with van der Waals surface area (Å²) >= 11 is 1.47. The molecule has 0 spiro atoms. The molecular weight excluding hydrogens is 208 g/mol. The van der Waals surface area contributed by atoms with Gasteiger partial charge in [0.25, 0.3) is 0 Å². The van der Waals surface area contributed by atoms with E-state index in [1.165, 1.54) is 11.8 Å². The summed E-state index contributed by atoms with van der Waals surface area (Å²) in [5.41, 5.74) is 0.584. The number of hydrogen-bond donors (Lipinski definition) is 0. The van der Waals surface area contributed by atoms with Crippen LogP contribution in [0, 0.1) is 0 Å². The van der Waals surface area contributed by atoms with Gasteiger partial charge in [-0.05, 0) is 24.3 Å². The van der Waals surface area contributed by atoms with E-state index in [0.717, 1.165) is 16.3 Å². The van der Waals surface area contributed by atoms with Gasteiger partial charge in [-0.25, -0.2) is 9.97 Å². The van der Waals surface area contributed by atoms with Gasteiger partial charge in [0.05, 0.1) is 0 Å². The SMILES string of the molecule is O=Cc1ccc(Sc2ccccn2)nc1. The van der Waals surface area contributed by atoms with Crippen LogP contribution in [-0.2, 0) is 0 Å². The van der Waals surface area contributed by atoms with Crippen LogP contribution >= 0.6 is 11.8 Å². The van der Waals surface area contributed by atoms with Crippen molar-refractivity contribution in [1.29, 1.82) is 0 Å². The summed E-state index contributed by atoms with van der Waals surface area (Å²) in [6, 6.07) is 9.26. The maximum Gasteiger partial charge on any atom is 0.151 e. The molecule has 0 N–H and O–H groups in total. The Labute approximate surface area is 91.6 Å². The molecule has 4 heteroatoms. The first-order valence-electron chi connectivity index (χ1n) is 4.38. The highest BCUT2D eigenvalue weighted by Crippen LogP contribution is 2.22.